The Kier molecular flexibility index (Phi) is 9.35. The lowest BCUT2D eigenvalue weighted by Gasteiger charge is -2.27. The number of benzene rings is 2. The van der Waals surface area contributed by atoms with Gasteiger partial charge in [-0.2, -0.15) is 0 Å². The first kappa shape index (κ1) is 30.8. The molecule has 0 saturated carbocycles. The van der Waals surface area contributed by atoms with Crippen molar-refractivity contribution < 1.29 is 24.2 Å². The number of imidazole rings is 1. The molecule has 2 aromatic heterocycles. The maximum Gasteiger partial charge on any atom is 0.295 e. The summed E-state index contributed by atoms with van der Waals surface area (Å²) in [7, 11) is 1.55. The lowest BCUT2D eigenvalue weighted by molar-refractivity contribution is -0.140. The molecule has 9 heteroatoms. The van der Waals surface area contributed by atoms with E-state index in [-0.39, 0.29) is 17.0 Å². The molecule has 1 atom stereocenters. The van der Waals surface area contributed by atoms with Crippen LogP contribution in [0.4, 0.5) is 0 Å². The normalized spacial score (nSPS) is 16.3. The highest BCUT2D eigenvalue weighted by molar-refractivity contribution is 6.46. The Balaban J connectivity index is 1.57. The molecule has 1 aliphatic rings. The Bertz CT molecular complexity index is 1690. The molecule has 0 radical (unpaired) electrons. The van der Waals surface area contributed by atoms with Crippen LogP contribution in [0, 0.1) is 13.8 Å². The number of aromatic nitrogens is 2. The number of hydrogen-bond donors (Lipinski definition) is 1. The van der Waals surface area contributed by atoms with Gasteiger partial charge in [-0.1, -0.05) is 56.3 Å². The van der Waals surface area contributed by atoms with Gasteiger partial charge in [0.1, 0.15) is 17.9 Å². The molecule has 1 unspecified atom stereocenters. The zero-order valence-corrected chi connectivity index (χ0v) is 26.0. The number of carbonyl (C=O) groups excluding carboxylic acids is 2. The quantitative estimate of drug-likeness (QED) is 0.127. The number of aliphatic hydroxyl groups is 1. The molecule has 4 aromatic rings. The standard InChI is InChI=1S/C35H40N4O5/c1-6-37(7-2)18-12-20-39-31(26-16-17-27(28(21-26)43-5)44-22-25-14-9-8-10-15-25)29(33(41)35(39)42)32(40)30-24(4)38-19-11-13-23(3)34(38)36-30/h8-11,13-17,19,21,31,40H,6-7,12,18,20,22H2,1-5H3. The molecule has 0 bridgehead atoms. The number of aryl methyl sites for hydroxylation is 2. The number of amides is 1. The van der Waals surface area contributed by atoms with Gasteiger partial charge in [-0.3, -0.25) is 9.59 Å². The summed E-state index contributed by atoms with van der Waals surface area (Å²) in [5.74, 6) is -0.663. The number of carbonyl (C=O) groups is 2. The first-order valence-electron chi connectivity index (χ1n) is 15.1. The lowest BCUT2D eigenvalue weighted by atomic mass is 9.96. The topological polar surface area (TPSA) is 96.6 Å². The molecule has 0 aliphatic carbocycles. The first-order valence-corrected chi connectivity index (χ1v) is 15.1. The molecule has 1 fully saturated rings. The van der Waals surface area contributed by atoms with Crippen LogP contribution >= 0.6 is 0 Å². The number of likely N-dealkylation sites (tertiary alicyclic amines) is 1. The zero-order chi connectivity index (χ0) is 31.4. The van der Waals surface area contributed by atoms with Crippen molar-refractivity contribution in [1.29, 1.82) is 0 Å². The predicted octanol–water partition coefficient (Wildman–Crippen LogP) is 5.69. The van der Waals surface area contributed by atoms with Gasteiger partial charge >= 0.3 is 0 Å². The summed E-state index contributed by atoms with van der Waals surface area (Å²) in [5.41, 5.74) is 4.22. The molecule has 1 saturated heterocycles. The average molecular weight is 597 g/mol. The summed E-state index contributed by atoms with van der Waals surface area (Å²) in [5, 5.41) is 11.8. The number of pyridine rings is 1. The molecule has 3 heterocycles. The number of hydrogen-bond acceptors (Lipinski definition) is 7. The van der Waals surface area contributed by atoms with E-state index in [4.69, 9.17) is 14.5 Å². The van der Waals surface area contributed by atoms with Crippen LogP contribution in [0.3, 0.4) is 0 Å². The lowest BCUT2D eigenvalue weighted by Crippen LogP contribution is -2.33. The molecule has 9 nitrogen and oxygen atoms in total. The Labute approximate surface area is 258 Å². The summed E-state index contributed by atoms with van der Waals surface area (Å²) < 4.78 is 13.6. The van der Waals surface area contributed by atoms with Gasteiger partial charge in [-0.25, -0.2) is 4.98 Å². The van der Waals surface area contributed by atoms with Crippen molar-refractivity contribution in [2.45, 2.75) is 46.8 Å². The molecular weight excluding hydrogens is 556 g/mol. The third-order valence-corrected chi connectivity index (χ3v) is 8.36. The van der Waals surface area contributed by atoms with E-state index in [2.05, 4.69) is 18.7 Å². The Morgan fingerprint density at radius 2 is 1.75 bits per heavy atom. The van der Waals surface area contributed by atoms with E-state index in [0.29, 0.717) is 48.0 Å². The van der Waals surface area contributed by atoms with Crippen LogP contribution in [0.25, 0.3) is 11.4 Å². The minimum Gasteiger partial charge on any atom is -0.505 e. The molecule has 0 spiro atoms. The van der Waals surface area contributed by atoms with Crippen LogP contribution in [0.15, 0.2) is 72.4 Å². The van der Waals surface area contributed by atoms with Gasteiger partial charge in [-0.05, 0) is 74.8 Å². The van der Waals surface area contributed by atoms with E-state index in [0.717, 1.165) is 30.8 Å². The molecule has 1 N–H and O–H groups in total. The highest BCUT2D eigenvalue weighted by Gasteiger charge is 2.46. The minimum absolute atomic E-state index is 0.0157. The smallest absolute Gasteiger partial charge is 0.295 e. The Hall–Kier alpha value is -4.63. The van der Waals surface area contributed by atoms with Crippen LogP contribution in [-0.4, -0.2) is 69.3 Å². The number of nitrogens with zero attached hydrogens (tertiary/aromatic N) is 4. The van der Waals surface area contributed by atoms with Gasteiger partial charge in [0.15, 0.2) is 17.3 Å². The molecule has 1 amide bonds. The second-order valence-corrected chi connectivity index (χ2v) is 11.0. The van der Waals surface area contributed by atoms with Crippen LogP contribution < -0.4 is 9.47 Å². The van der Waals surface area contributed by atoms with E-state index in [9.17, 15) is 14.7 Å². The Morgan fingerprint density at radius 3 is 2.43 bits per heavy atom. The monoisotopic (exact) mass is 596 g/mol. The van der Waals surface area contributed by atoms with Crippen molar-refractivity contribution in [3.63, 3.8) is 0 Å². The summed E-state index contributed by atoms with van der Waals surface area (Å²) in [6, 6.07) is 18.2. The maximum atomic E-state index is 13.7. The first-order chi connectivity index (χ1) is 21.3. The third-order valence-electron chi connectivity index (χ3n) is 8.36. The number of methoxy groups -OCH3 is 1. The maximum absolute atomic E-state index is 13.7. The fourth-order valence-electron chi connectivity index (χ4n) is 5.84. The number of fused-ring (bicyclic) bond motifs is 1. The minimum atomic E-state index is -0.825. The number of Topliss-reactive ketones (excluding diaryl/α,β-unsaturated/α-hetero) is 1. The molecule has 2 aromatic carbocycles. The summed E-state index contributed by atoms with van der Waals surface area (Å²) in [6.07, 6.45) is 2.54. The van der Waals surface area contributed by atoms with E-state index in [1.807, 2.05) is 73.0 Å². The van der Waals surface area contributed by atoms with Crippen molar-refractivity contribution in [2.24, 2.45) is 0 Å². The number of ether oxygens (including phenoxy) is 2. The molecule has 230 valence electrons. The molecule has 1 aliphatic heterocycles. The fourth-order valence-corrected chi connectivity index (χ4v) is 5.84. The van der Waals surface area contributed by atoms with E-state index in [1.54, 1.807) is 24.1 Å². The summed E-state index contributed by atoms with van der Waals surface area (Å²) >= 11 is 0. The van der Waals surface area contributed by atoms with Gasteiger partial charge in [0, 0.05) is 12.7 Å². The van der Waals surface area contributed by atoms with Crippen LogP contribution in [0.5, 0.6) is 11.5 Å². The molecule has 5 rings (SSSR count). The van der Waals surface area contributed by atoms with Crippen molar-refractivity contribution in [2.75, 3.05) is 33.3 Å². The largest absolute Gasteiger partial charge is 0.505 e. The van der Waals surface area contributed by atoms with Gasteiger partial charge in [0.2, 0.25) is 0 Å². The number of rotatable bonds is 12. The average Bonchev–Trinajstić information content (AvgIpc) is 3.52. The van der Waals surface area contributed by atoms with Crippen LogP contribution in [0.1, 0.15) is 54.4 Å². The van der Waals surface area contributed by atoms with Crippen molar-refractivity contribution in [3.05, 3.63) is 101 Å². The summed E-state index contributed by atoms with van der Waals surface area (Å²) in [6.45, 7) is 11.3. The van der Waals surface area contributed by atoms with Gasteiger partial charge in [-0.15, -0.1) is 0 Å². The second-order valence-electron chi connectivity index (χ2n) is 11.0. The highest BCUT2D eigenvalue weighted by Crippen LogP contribution is 2.42. The van der Waals surface area contributed by atoms with E-state index in [1.165, 1.54) is 0 Å². The van der Waals surface area contributed by atoms with Crippen LogP contribution in [-0.2, 0) is 16.2 Å². The zero-order valence-electron chi connectivity index (χ0n) is 26.0. The SMILES string of the molecule is CCN(CC)CCCN1C(=O)C(=O)C(=C(O)c2nc3c(C)cccn3c2C)C1c1ccc(OCc2ccccc2)c(OC)c1. The number of aliphatic hydroxyl groups excluding tert-OH is 1. The fraction of sp³-hybridized carbons (Fsp3) is 0.343. The van der Waals surface area contributed by atoms with E-state index < -0.39 is 17.7 Å². The van der Waals surface area contributed by atoms with Crippen molar-refractivity contribution in [3.8, 4) is 11.5 Å². The molecule has 44 heavy (non-hydrogen) atoms. The third kappa shape index (κ3) is 5.92. The van der Waals surface area contributed by atoms with Crippen molar-refractivity contribution in [1.82, 2.24) is 19.2 Å². The predicted molar refractivity (Wildman–Crippen MR) is 170 cm³/mol. The van der Waals surface area contributed by atoms with Gasteiger partial charge < -0.3 is 28.8 Å². The number of ketones is 1. The van der Waals surface area contributed by atoms with Crippen LogP contribution in [0.2, 0.25) is 0 Å². The summed E-state index contributed by atoms with van der Waals surface area (Å²) in [4.78, 5) is 35.8. The van der Waals surface area contributed by atoms with Crippen molar-refractivity contribution >= 4 is 23.1 Å². The highest BCUT2D eigenvalue weighted by atomic mass is 16.5. The van der Waals surface area contributed by atoms with Gasteiger partial charge in [0.25, 0.3) is 11.7 Å². The Morgan fingerprint density at radius 1 is 1.00 bits per heavy atom. The van der Waals surface area contributed by atoms with Gasteiger partial charge in [0.05, 0.1) is 24.4 Å². The molecular formula is C35H40N4O5. The second kappa shape index (κ2) is 13.3. The van der Waals surface area contributed by atoms with E-state index >= 15 is 0 Å².